The van der Waals surface area contributed by atoms with Crippen molar-refractivity contribution in [2.75, 3.05) is 24.7 Å². The smallest absolute Gasteiger partial charge is 0.208 e. The van der Waals surface area contributed by atoms with E-state index in [-0.39, 0.29) is 0 Å². The van der Waals surface area contributed by atoms with Crippen molar-refractivity contribution in [1.29, 1.82) is 0 Å². The van der Waals surface area contributed by atoms with Gasteiger partial charge in [0.1, 0.15) is 5.82 Å². The fraction of sp³-hybridized carbons (Fsp3) is 0.778. The number of aromatic nitrogens is 2. The lowest BCUT2D eigenvalue weighted by molar-refractivity contribution is 0.586. The average molecular weight is 278 g/mol. The number of nitrogens with zero attached hydrogens (tertiary/aromatic N) is 2. The van der Waals surface area contributed by atoms with Crippen molar-refractivity contribution in [1.82, 2.24) is 14.1 Å². The second-order valence-corrected chi connectivity index (χ2v) is 6.64. The van der Waals surface area contributed by atoms with Gasteiger partial charge in [0, 0.05) is 30.5 Å². The molecule has 0 amide bonds. The molecule has 0 radical (unpaired) electrons. The Morgan fingerprint density at radius 2 is 2.06 bits per heavy atom. The van der Waals surface area contributed by atoms with E-state index in [1.165, 1.54) is 11.5 Å². The zero-order valence-electron chi connectivity index (χ0n) is 10.2. The Labute approximate surface area is 106 Å². The van der Waals surface area contributed by atoms with Crippen molar-refractivity contribution < 1.29 is 8.42 Å². The maximum Gasteiger partial charge on any atom is 0.208 e. The molecule has 6 nitrogen and oxygen atoms in total. The molecule has 0 unspecified atom stereocenters. The summed E-state index contributed by atoms with van der Waals surface area (Å²) < 4.78 is 28.2. The van der Waals surface area contributed by atoms with Gasteiger partial charge in [-0.3, -0.25) is 0 Å². The van der Waals surface area contributed by atoms with Crippen molar-refractivity contribution in [3.8, 4) is 0 Å². The van der Waals surface area contributed by atoms with Gasteiger partial charge < -0.3 is 5.32 Å². The Balaban J connectivity index is 2.22. The Kier molecular flexibility index (Phi) is 5.29. The van der Waals surface area contributed by atoms with Crippen molar-refractivity contribution in [2.24, 2.45) is 0 Å². The normalized spacial score (nSPS) is 12.0. The number of anilines is 1. The maximum atomic E-state index is 10.8. The summed E-state index contributed by atoms with van der Waals surface area (Å²) in [4.78, 5) is 4.31. The molecule has 0 aliphatic heterocycles. The molecule has 1 aromatic rings. The Morgan fingerprint density at radius 3 is 2.59 bits per heavy atom. The van der Waals surface area contributed by atoms with Gasteiger partial charge in [-0.05, 0) is 6.42 Å². The average Bonchev–Trinajstić information content (AvgIpc) is 2.64. The maximum absolute atomic E-state index is 10.8. The third kappa shape index (κ3) is 5.94. The molecule has 0 spiro atoms. The highest BCUT2D eigenvalue weighted by Gasteiger charge is 2.06. The van der Waals surface area contributed by atoms with Crippen LogP contribution in [0, 0.1) is 0 Å². The summed E-state index contributed by atoms with van der Waals surface area (Å²) in [6.45, 7) is 5.20. The molecule has 1 aromatic heterocycles. The third-order valence-corrected chi connectivity index (χ3v) is 3.37. The van der Waals surface area contributed by atoms with Crippen LogP contribution in [-0.4, -0.2) is 37.1 Å². The monoisotopic (exact) mass is 278 g/mol. The summed E-state index contributed by atoms with van der Waals surface area (Å²) in [6, 6.07) is 0. The zero-order valence-corrected chi connectivity index (χ0v) is 11.9. The summed E-state index contributed by atoms with van der Waals surface area (Å²) in [5, 5.41) is 3.90. The second kappa shape index (κ2) is 6.27. The van der Waals surface area contributed by atoms with E-state index in [4.69, 9.17) is 0 Å². The van der Waals surface area contributed by atoms with Crippen LogP contribution in [0.1, 0.15) is 32.0 Å². The number of hydrogen-bond acceptors (Lipinski definition) is 6. The molecule has 0 aromatic carbocycles. The first-order chi connectivity index (χ1) is 7.88. The largest absolute Gasteiger partial charge is 0.360 e. The lowest BCUT2D eigenvalue weighted by Gasteiger charge is -2.03. The minimum absolute atomic E-state index is 0.328. The lowest BCUT2D eigenvalue weighted by atomic mass is 10.2. The van der Waals surface area contributed by atoms with E-state index in [9.17, 15) is 8.42 Å². The molecule has 0 bridgehead atoms. The topological polar surface area (TPSA) is 84.0 Å². The molecule has 17 heavy (non-hydrogen) atoms. The molecule has 1 heterocycles. The number of rotatable bonds is 7. The Hall–Kier alpha value is -0.730. The molecule has 0 aliphatic rings. The summed E-state index contributed by atoms with van der Waals surface area (Å²) in [5.74, 6) is 1.17. The molecule has 8 heteroatoms. The molecular weight excluding hydrogens is 260 g/mol. The molecule has 0 fully saturated rings. The molecule has 0 saturated carbocycles. The molecule has 0 atom stereocenters. The van der Waals surface area contributed by atoms with Crippen LogP contribution in [0.2, 0.25) is 0 Å². The molecule has 98 valence electrons. The van der Waals surface area contributed by atoms with Crippen molar-refractivity contribution in [3.05, 3.63) is 5.82 Å². The van der Waals surface area contributed by atoms with E-state index in [1.54, 1.807) is 0 Å². The van der Waals surface area contributed by atoms with Crippen LogP contribution in [0.25, 0.3) is 0 Å². The van der Waals surface area contributed by atoms with Crippen LogP contribution in [0.15, 0.2) is 0 Å². The van der Waals surface area contributed by atoms with Gasteiger partial charge in [-0.25, -0.2) is 18.1 Å². The highest BCUT2D eigenvalue weighted by Crippen LogP contribution is 2.16. The van der Waals surface area contributed by atoms with Gasteiger partial charge in [-0.15, -0.1) is 0 Å². The van der Waals surface area contributed by atoms with Crippen molar-refractivity contribution in [2.45, 2.75) is 26.2 Å². The zero-order chi connectivity index (χ0) is 12.9. The van der Waals surface area contributed by atoms with Crippen LogP contribution in [0.3, 0.4) is 0 Å². The van der Waals surface area contributed by atoms with E-state index < -0.39 is 10.0 Å². The molecular formula is C9H18N4O2S2. The molecule has 0 aliphatic carbocycles. The predicted molar refractivity (Wildman–Crippen MR) is 70.0 cm³/mol. The Bertz CT molecular complexity index is 442. The number of nitrogens with one attached hydrogen (secondary N) is 2. The lowest BCUT2D eigenvalue weighted by Crippen LogP contribution is -2.24. The van der Waals surface area contributed by atoms with Crippen LogP contribution < -0.4 is 10.0 Å². The van der Waals surface area contributed by atoms with E-state index in [1.807, 2.05) is 13.8 Å². The van der Waals surface area contributed by atoms with Crippen molar-refractivity contribution in [3.63, 3.8) is 0 Å². The summed E-state index contributed by atoms with van der Waals surface area (Å²) in [7, 11) is -3.08. The highest BCUT2D eigenvalue weighted by atomic mass is 32.2. The van der Waals surface area contributed by atoms with Crippen molar-refractivity contribution >= 4 is 26.7 Å². The molecule has 0 saturated heterocycles. The van der Waals surface area contributed by atoms with Gasteiger partial charge in [0.2, 0.25) is 15.2 Å². The summed E-state index contributed by atoms with van der Waals surface area (Å²) >= 11 is 1.33. The van der Waals surface area contributed by atoms with E-state index >= 15 is 0 Å². The van der Waals surface area contributed by atoms with E-state index in [0.717, 1.165) is 17.2 Å². The first-order valence-electron chi connectivity index (χ1n) is 5.40. The fourth-order valence-electron chi connectivity index (χ4n) is 1.08. The van der Waals surface area contributed by atoms with E-state index in [2.05, 4.69) is 19.4 Å². The summed E-state index contributed by atoms with van der Waals surface area (Å²) in [6.07, 6.45) is 1.86. The quantitative estimate of drug-likeness (QED) is 0.727. The highest BCUT2D eigenvalue weighted by molar-refractivity contribution is 7.88. The number of hydrogen-bond donors (Lipinski definition) is 2. The SMILES string of the molecule is CC(C)c1nsc(NCCCNS(C)(=O)=O)n1. The first-order valence-corrected chi connectivity index (χ1v) is 8.07. The van der Waals surface area contributed by atoms with Gasteiger partial charge in [-0.2, -0.15) is 4.37 Å². The van der Waals surface area contributed by atoms with Gasteiger partial charge in [0.25, 0.3) is 0 Å². The minimum Gasteiger partial charge on any atom is -0.360 e. The predicted octanol–water partition coefficient (Wildman–Crippen LogP) is 1.01. The van der Waals surface area contributed by atoms with Gasteiger partial charge in [0.15, 0.2) is 0 Å². The second-order valence-electron chi connectivity index (χ2n) is 4.06. The molecule has 2 N–H and O–H groups in total. The third-order valence-electron chi connectivity index (χ3n) is 1.95. The summed E-state index contributed by atoms with van der Waals surface area (Å²) in [5.41, 5.74) is 0. The van der Waals surface area contributed by atoms with Crippen LogP contribution in [-0.2, 0) is 10.0 Å². The Morgan fingerprint density at radius 1 is 1.35 bits per heavy atom. The van der Waals surface area contributed by atoms with Gasteiger partial charge in [-0.1, -0.05) is 13.8 Å². The standard InChI is InChI=1S/C9H18N4O2S2/c1-7(2)8-12-9(16-13-8)10-5-4-6-11-17(3,14)15/h7,11H,4-6H2,1-3H3,(H,10,12,13). The van der Waals surface area contributed by atoms with Crippen LogP contribution in [0.5, 0.6) is 0 Å². The first kappa shape index (κ1) is 14.3. The number of sulfonamides is 1. The minimum atomic E-state index is -3.08. The fourth-order valence-corrected chi connectivity index (χ4v) is 2.33. The van der Waals surface area contributed by atoms with E-state index in [0.29, 0.717) is 25.4 Å². The van der Waals surface area contributed by atoms with Gasteiger partial charge in [0.05, 0.1) is 6.26 Å². The van der Waals surface area contributed by atoms with Crippen LogP contribution in [0.4, 0.5) is 5.13 Å². The van der Waals surface area contributed by atoms with Crippen LogP contribution >= 0.6 is 11.5 Å². The molecule has 1 rings (SSSR count). The van der Waals surface area contributed by atoms with Gasteiger partial charge >= 0.3 is 0 Å².